The van der Waals surface area contributed by atoms with Crippen molar-refractivity contribution in [1.82, 2.24) is 24.6 Å². The first-order valence-electron chi connectivity index (χ1n) is 12.7. The Bertz CT molecular complexity index is 1380. The molecule has 4 rings (SSSR count). The molecule has 1 aliphatic rings. The van der Waals surface area contributed by atoms with Gasteiger partial charge in [0.15, 0.2) is 5.82 Å². The van der Waals surface area contributed by atoms with E-state index in [1.807, 2.05) is 18.2 Å². The van der Waals surface area contributed by atoms with Gasteiger partial charge in [0, 0.05) is 77.7 Å². The standard InChI is InChI=1S/C24H31BrN8O2.C2HF3O2/c1-30(2)33-13-11-31(12-14-33)19-8-6-18(7-9-19)27-24-26-17-20(25)22(29-24)28-21-5-4-10-32(23(21)34)15-16-35-3;3-2(4,5)1(6)7/h4-10,17H,11-16H2,1-3H3,(H2,26,27,28,29);(H,6,7). The molecular weight excluding hydrogens is 625 g/mol. The van der Waals surface area contributed by atoms with E-state index in [0.717, 1.165) is 31.9 Å². The summed E-state index contributed by atoms with van der Waals surface area (Å²) in [5.41, 5.74) is 2.36. The highest BCUT2D eigenvalue weighted by Crippen LogP contribution is 2.25. The number of nitrogens with zero attached hydrogens (tertiary/aromatic N) is 6. The van der Waals surface area contributed by atoms with Gasteiger partial charge in [0.2, 0.25) is 5.95 Å². The van der Waals surface area contributed by atoms with E-state index in [4.69, 9.17) is 14.6 Å². The number of aromatic nitrogens is 3. The molecule has 0 bridgehead atoms. The van der Waals surface area contributed by atoms with Gasteiger partial charge in [0.1, 0.15) is 5.69 Å². The predicted octanol–water partition coefficient (Wildman–Crippen LogP) is 3.77. The lowest BCUT2D eigenvalue weighted by Gasteiger charge is -2.39. The van der Waals surface area contributed by atoms with Crippen LogP contribution in [0.15, 0.2) is 58.1 Å². The van der Waals surface area contributed by atoms with Crippen molar-refractivity contribution in [2.24, 2.45) is 0 Å². The molecule has 3 heterocycles. The number of ether oxygens (including phenoxy) is 1. The second-order valence-electron chi connectivity index (χ2n) is 9.19. The average molecular weight is 657 g/mol. The van der Waals surface area contributed by atoms with Crippen LogP contribution in [0, 0.1) is 0 Å². The Balaban J connectivity index is 0.000000616. The van der Waals surface area contributed by atoms with Gasteiger partial charge >= 0.3 is 12.1 Å². The summed E-state index contributed by atoms with van der Waals surface area (Å²) < 4.78 is 39.1. The van der Waals surface area contributed by atoms with Gasteiger partial charge in [0.05, 0.1) is 11.1 Å². The maximum Gasteiger partial charge on any atom is 0.490 e. The normalized spacial score (nSPS) is 13.9. The van der Waals surface area contributed by atoms with Crippen LogP contribution in [0.4, 0.5) is 42.0 Å². The Hall–Kier alpha value is -3.73. The molecule has 0 saturated carbocycles. The van der Waals surface area contributed by atoms with Crippen LogP contribution < -0.4 is 21.1 Å². The molecule has 1 saturated heterocycles. The number of hydrogen-bond acceptors (Lipinski definition) is 10. The van der Waals surface area contributed by atoms with Gasteiger partial charge in [0.25, 0.3) is 5.56 Å². The average Bonchev–Trinajstić information content (AvgIpc) is 2.95. The van der Waals surface area contributed by atoms with Crippen molar-refractivity contribution >= 4 is 50.7 Å². The largest absolute Gasteiger partial charge is 0.490 e. The summed E-state index contributed by atoms with van der Waals surface area (Å²) in [5, 5.41) is 18.0. The number of rotatable bonds is 9. The second kappa shape index (κ2) is 14.9. The zero-order chi connectivity index (χ0) is 30.9. The zero-order valence-corrected chi connectivity index (χ0v) is 24.8. The number of nitrogens with one attached hydrogen (secondary N) is 2. The molecule has 0 unspecified atom stereocenters. The number of hydrazine groups is 1. The fourth-order valence-electron chi connectivity index (χ4n) is 3.88. The van der Waals surface area contributed by atoms with E-state index in [2.05, 4.69) is 77.7 Å². The van der Waals surface area contributed by atoms with Crippen molar-refractivity contribution < 1.29 is 27.8 Å². The highest BCUT2D eigenvalue weighted by atomic mass is 79.9. The van der Waals surface area contributed by atoms with E-state index in [0.29, 0.717) is 35.1 Å². The van der Waals surface area contributed by atoms with E-state index < -0.39 is 12.1 Å². The minimum atomic E-state index is -5.08. The molecule has 1 aliphatic heterocycles. The molecule has 0 radical (unpaired) electrons. The molecule has 0 aliphatic carbocycles. The number of benzene rings is 1. The van der Waals surface area contributed by atoms with E-state index in [9.17, 15) is 18.0 Å². The van der Waals surface area contributed by atoms with Crippen molar-refractivity contribution in [3.8, 4) is 0 Å². The monoisotopic (exact) mass is 656 g/mol. The number of methoxy groups -OCH3 is 1. The van der Waals surface area contributed by atoms with E-state index in [-0.39, 0.29) is 5.56 Å². The summed E-state index contributed by atoms with van der Waals surface area (Å²) in [6.07, 6.45) is -1.69. The molecule has 3 N–H and O–H groups in total. The van der Waals surface area contributed by atoms with Gasteiger partial charge in [-0.15, -0.1) is 0 Å². The molecule has 16 heteroatoms. The molecule has 42 heavy (non-hydrogen) atoms. The third kappa shape index (κ3) is 9.40. The highest BCUT2D eigenvalue weighted by Gasteiger charge is 2.38. The lowest BCUT2D eigenvalue weighted by molar-refractivity contribution is -0.192. The maximum absolute atomic E-state index is 12.7. The van der Waals surface area contributed by atoms with Crippen LogP contribution in [0.3, 0.4) is 0 Å². The first-order chi connectivity index (χ1) is 19.9. The van der Waals surface area contributed by atoms with Crippen molar-refractivity contribution in [2.45, 2.75) is 12.7 Å². The zero-order valence-electron chi connectivity index (χ0n) is 23.2. The molecule has 0 amide bonds. The van der Waals surface area contributed by atoms with Crippen molar-refractivity contribution in [3.63, 3.8) is 0 Å². The smallest absolute Gasteiger partial charge is 0.475 e. The van der Waals surface area contributed by atoms with Crippen molar-refractivity contribution in [3.05, 3.63) is 63.6 Å². The molecular formula is C26H32BrF3N8O4. The second-order valence-corrected chi connectivity index (χ2v) is 10.0. The highest BCUT2D eigenvalue weighted by molar-refractivity contribution is 9.10. The molecule has 1 fully saturated rings. The molecule has 228 valence electrons. The van der Waals surface area contributed by atoms with Crippen LogP contribution >= 0.6 is 15.9 Å². The number of carbonyl (C=O) groups is 1. The Morgan fingerprint density at radius 1 is 1.12 bits per heavy atom. The minimum Gasteiger partial charge on any atom is -0.475 e. The first-order valence-corrected chi connectivity index (χ1v) is 13.5. The van der Waals surface area contributed by atoms with E-state index in [1.165, 1.54) is 5.69 Å². The molecule has 0 spiro atoms. The number of piperazine rings is 1. The summed E-state index contributed by atoms with van der Waals surface area (Å²) in [5.74, 6) is -1.83. The number of aliphatic carboxylic acids is 1. The van der Waals surface area contributed by atoms with Gasteiger partial charge in [-0.2, -0.15) is 18.2 Å². The van der Waals surface area contributed by atoms with Crippen LogP contribution in [0.2, 0.25) is 0 Å². The summed E-state index contributed by atoms with van der Waals surface area (Å²) in [4.78, 5) is 33.0. The summed E-state index contributed by atoms with van der Waals surface area (Å²) in [7, 11) is 5.78. The van der Waals surface area contributed by atoms with Crippen molar-refractivity contribution in [1.29, 1.82) is 0 Å². The Kier molecular flexibility index (Phi) is 11.7. The third-order valence-electron chi connectivity index (χ3n) is 6.11. The van der Waals surface area contributed by atoms with Crippen LogP contribution in [-0.2, 0) is 16.1 Å². The molecule has 2 aromatic heterocycles. The molecule has 1 aromatic carbocycles. The Morgan fingerprint density at radius 2 is 1.76 bits per heavy atom. The number of anilines is 5. The number of carboxylic acid groups (broad SMARTS) is 1. The van der Waals surface area contributed by atoms with Gasteiger partial charge < -0.3 is 29.9 Å². The molecule has 12 nitrogen and oxygen atoms in total. The van der Waals surface area contributed by atoms with Crippen molar-refractivity contribution in [2.75, 3.05) is 69.5 Å². The Morgan fingerprint density at radius 3 is 2.33 bits per heavy atom. The lowest BCUT2D eigenvalue weighted by Crippen LogP contribution is -2.51. The fraction of sp³-hybridized carbons (Fsp3) is 0.385. The SMILES string of the molecule is COCCn1cccc(Nc2nc(Nc3ccc(N4CCN(N(C)C)CC4)cc3)ncc2Br)c1=O.O=C(O)C(F)(F)F. The predicted molar refractivity (Wildman–Crippen MR) is 156 cm³/mol. The van der Waals surface area contributed by atoms with Crippen LogP contribution in [0.25, 0.3) is 0 Å². The molecule has 0 atom stereocenters. The molecule has 3 aromatic rings. The lowest BCUT2D eigenvalue weighted by atomic mass is 10.2. The van der Waals surface area contributed by atoms with Gasteiger partial charge in [-0.05, 0) is 52.3 Å². The van der Waals surface area contributed by atoms with E-state index in [1.54, 1.807) is 30.1 Å². The van der Waals surface area contributed by atoms with Crippen LogP contribution in [0.5, 0.6) is 0 Å². The van der Waals surface area contributed by atoms with Gasteiger partial charge in [-0.1, -0.05) is 0 Å². The quantitative estimate of drug-likeness (QED) is 0.311. The summed E-state index contributed by atoms with van der Waals surface area (Å²) in [6.45, 7) is 4.93. The topological polar surface area (TPSA) is 128 Å². The minimum absolute atomic E-state index is 0.147. The Labute approximate surface area is 248 Å². The number of carboxylic acids is 1. The third-order valence-corrected chi connectivity index (χ3v) is 6.69. The first kappa shape index (κ1) is 32.8. The summed E-state index contributed by atoms with van der Waals surface area (Å²) in [6, 6.07) is 11.8. The fourth-order valence-corrected chi connectivity index (χ4v) is 4.17. The maximum atomic E-state index is 12.7. The van der Waals surface area contributed by atoms with E-state index >= 15 is 0 Å². The number of hydrogen-bond donors (Lipinski definition) is 3. The summed E-state index contributed by atoms with van der Waals surface area (Å²) >= 11 is 3.47. The van der Waals surface area contributed by atoms with Crippen LogP contribution in [-0.4, -0.2) is 95.8 Å². The van der Waals surface area contributed by atoms with Gasteiger partial charge in [-0.25, -0.2) is 19.8 Å². The van der Waals surface area contributed by atoms with Gasteiger partial charge in [-0.3, -0.25) is 4.79 Å². The number of pyridine rings is 1. The van der Waals surface area contributed by atoms with Crippen LogP contribution in [0.1, 0.15) is 0 Å². The number of halogens is 4. The number of alkyl halides is 3.